The molecule has 2 atom stereocenters. The highest BCUT2D eigenvalue weighted by Gasteiger charge is 2.36. The van der Waals surface area contributed by atoms with Gasteiger partial charge in [-0.05, 0) is 43.9 Å². The minimum atomic E-state index is -3.85. The first-order valence-electron chi connectivity index (χ1n) is 12.6. The summed E-state index contributed by atoms with van der Waals surface area (Å²) in [6.45, 7) is 6.37. The molecule has 4 heterocycles. The number of nitrogens with one attached hydrogen (secondary N) is 1. The van der Waals surface area contributed by atoms with Gasteiger partial charge in [-0.25, -0.2) is 8.42 Å². The summed E-state index contributed by atoms with van der Waals surface area (Å²) < 4.78 is 28.1. The summed E-state index contributed by atoms with van der Waals surface area (Å²) in [5, 5.41) is 1.04. The summed E-state index contributed by atoms with van der Waals surface area (Å²) in [5.41, 5.74) is 0. The van der Waals surface area contributed by atoms with Crippen LogP contribution in [-0.2, 0) is 24.4 Å². The normalized spacial score (nSPS) is 23.8. The molecule has 0 aromatic carbocycles. The van der Waals surface area contributed by atoms with E-state index in [0.717, 1.165) is 37.9 Å². The number of hydrogen-bond donors (Lipinski definition) is 1. The minimum absolute atomic E-state index is 0.0464. The molecule has 3 fully saturated rings. The van der Waals surface area contributed by atoms with Gasteiger partial charge in [-0.1, -0.05) is 11.6 Å². The van der Waals surface area contributed by atoms with E-state index < -0.39 is 16.1 Å². The maximum absolute atomic E-state index is 13.2. The van der Waals surface area contributed by atoms with Crippen molar-refractivity contribution in [2.75, 3.05) is 52.4 Å². The summed E-state index contributed by atoms with van der Waals surface area (Å²) in [4.78, 5) is 46.0. The van der Waals surface area contributed by atoms with Gasteiger partial charge in [-0.15, -0.1) is 11.3 Å². The molecule has 204 valence electrons. The molecular formula is C24H34ClN5O5S2. The molecule has 0 aliphatic carbocycles. The van der Waals surface area contributed by atoms with Gasteiger partial charge in [0.1, 0.15) is 6.04 Å². The van der Waals surface area contributed by atoms with Crippen molar-refractivity contribution in [3.05, 3.63) is 26.8 Å². The van der Waals surface area contributed by atoms with Gasteiger partial charge in [-0.2, -0.15) is 4.72 Å². The Kier molecular flexibility index (Phi) is 9.28. The molecule has 37 heavy (non-hydrogen) atoms. The number of carbonyl (C=O) groups is 3. The summed E-state index contributed by atoms with van der Waals surface area (Å²) in [6.07, 6.45) is 4.28. The third-order valence-electron chi connectivity index (χ3n) is 7.15. The average molecular weight is 572 g/mol. The van der Waals surface area contributed by atoms with Crippen molar-refractivity contribution < 1.29 is 22.8 Å². The predicted molar refractivity (Wildman–Crippen MR) is 143 cm³/mol. The van der Waals surface area contributed by atoms with E-state index in [2.05, 4.69) is 9.62 Å². The zero-order valence-electron chi connectivity index (χ0n) is 21.0. The monoisotopic (exact) mass is 571 g/mol. The van der Waals surface area contributed by atoms with E-state index >= 15 is 0 Å². The van der Waals surface area contributed by atoms with Gasteiger partial charge in [0, 0.05) is 69.1 Å². The Bertz CT molecular complexity index is 1130. The number of carbonyl (C=O) groups excluding carboxylic acids is 3. The molecule has 4 rings (SSSR count). The van der Waals surface area contributed by atoms with E-state index in [-0.39, 0.29) is 30.3 Å². The zero-order valence-corrected chi connectivity index (χ0v) is 23.4. The van der Waals surface area contributed by atoms with E-state index in [4.69, 9.17) is 11.6 Å². The first-order valence-corrected chi connectivity index (χ1v) is 15.4. The molecule has 2 unspecified atom stereocenters. The van der Waals surface area contributed by atoms with E-state index in [0.29, 0.717) is 48.2 Å². The molecular weight excluding hydrogens is 538 g/mol. The Labute approximate surface area is 227 Å². The Morgan fingerprint density at radius 2 is 1.84 bits per heavy atom. The maximum Gasteiger partial charge on any atom is 0.242 e. The quantitative estimate of drug-likeness (QED) is 0.505. The second-order valence-corrected chi connectivity index (χ2v) is 13.1. The molecule has 3 aliphatic rings. The zero-order chi connectivity index (χ0) is 26.6. The lowest BCUT2D eigenvalue weighted by Gasteiger charge is -2.38. The van der Waals surface area contributed by atoms with Crippen LogP contribution < -0.4 is 4.72 Å². The van der Waals surface area contributed by atoms with Crippen LogP contribution >= 0.6 is 22.9 Å². The van der Waals surface area contributed by atoms with Crippen molar-refractivity contribution in [1.29, 1.82) is 0 Å². The predicted octanol–water partition coefficient (Wildman–Crippen LogP) is 1.44. The van der Waals surface area contributed by atoms with Gasteiger partial charge in [0.05, 0.1) is 10.9 Å². The van der Waals surface area contributed by atoms with Crippen molar-refractivity contribution in [3.63, 3.8) is 0 Å². The van der Waals surface area contributed by atoms with Gasteiger partial charge in [0.2, 0.25) is 27.7 Å². The van der Waals surface area contributed by atoms with Gasteiger partial charge in [0.15, 0.2) is 0 Å². The van der Waals surface area contributed by atoms with Crippen molar-refractivity contribution >= 4 is 56.8 Å². The summed E-state index contributed by atoms with van der Waals surface area (Å²) >= 11 is 7.14. The number of nitrogens with zero attached hydrogens (tertiary/aromatic N) is 4. The third kappa shape index (κ3) is 7.53. The maximum atomic E-state index is 13.2. The van der Waals surface area contributed by atoms with Crippen LogP contribution in [0.3, 0.4) is 0 Å². The first kappa shape index (κ1) is 28.0. The van der Waals surface area contributed by atoms with Crippen molar-refractivity contribution in [1.82, 2.24) is 24.3 Å². The van der Waals surface area contributed by atoms with Crippen LogP contribution in [0.1, 0.15) is 37.5 Å². The molecule has 3 amide bonds. The van der Waals surface area contributed by atoms with Crippen molar-refractivity contribution in [2.45, 2.75) is 44.7 Å². The third-order valence-corrected chi connectivity index (χ3v) is 9.46. The van der Waals surface area contributed by atoms with Crippen LogP contribution in [-0.4, -0.2) is 110 Å². The molecule has 1 aromatic heterocycles. The molecule has 0 bridgehead atoms. The number of piperidine rings is 1. The molecule has 0 saturated carbocycles. The lowest BCUT2D eigenvalue weighted by atomic mass is 10.1. The summed E-state index contributed by atoms with van der Waals surface area (Å²) in [7, 11) is -3.85. The van der Waals surface area contributed by atoms with E-state index in [9.17, 15) is 22.8 Å². The number of likely N-dealkylation sites (tertiary alicyclic amines) is 2. The fourth-order valence-electron chi connectivity index (χ4n) is 5.17. The SMILES string of the molecule is CC(=O)N1CCN(CC2CCCN2C(=O)CN2CCCC(NS(=O)(=O)/C=C/c3ccc(Cl)s3)C2=O)CC1. The number of rotatable bonds is 8. The Balaban J connectivity index is 1.30. The van der Waals surface area contributed by atoms with Crippen LogP contribution in [0.4, 0.5) is 0 Å². The van der Waals surface area contributed by atoms with Crippen LogP contribution in [0.25, 0.3) is 6.08 Å². The molecule has 0 spiro atoms. The largest absolute Gasteiger partial charge is 0.340 e. The minimum Gasteiger partial charge on any atom is -0.340 e. The second-order valence-electron chi connectivity index (χ2n) is 9.75. The van der Waals surface area contributed by atoms with E-state index in [1.807, 2.05) is 9.80 Å². The fourth-order valence-corrected chi connectivity index (χ4v) is 7.24. The fraction of sp³-hybridized carbons (Fsp3) is 0.625. The molecule has 13 heteroatoms. The summed E-state index contributed by atoms with van der Waals surface area (Å²) in [6, 6.07) is 2.59. The Morgan fingerprint density at radius 1 is 1.11 bits per heavy atom. The average Bonchev–Trinajstić information content (AvgIpc) is 3.49. The second kappa shape index (κ2) is 12.2. The van der Waals surface area contributed by atoms with E-state index in [1.165, 1.54) is 22.3 Å². The smallest absolute Gasteiger partial charge is 0.242 e. The van der Waals surface area contributed by atoms with Gasteiger partial charge < -0.3 is 14.7 Å². The van der Waals surface area contributed by atoms with Crippen LogP contribution in [0, 0.1) is 0 Å². The Morgan fingerprint density at radius 3 is 2.51 bits per heavy atom. The number of halogens is 1. The van der Waals surface area contributed by atoms with Gasteiger partial charge >= 0.3 is 0 Å². The topological polar surface area (TPSA) is 110 Å². The molecule has 1 aromatic rings. The van der Waals surface area contributed by atoms with Crippen LogP contribution in [0.15, 0.2) is 17.5 Å². The highest BCUT2D eigenvalue weighted by Crippen LogP contribution is 2.23. The molecule has 3 saturated heterocycles. The van der Waals surface area contributed by atoms with E-state index in [1.54, 1.807) is 19.1 Å². The van der Waals surface area contributed by atoms with Gasteiger partial charge in [-0.3, -0.25) is 19.3 Å². The summed E-state index contributed by atoms with van der Waals surface area (Å²) in [5.74, 6) is -0.379. The molecule has 0 radical (unpaired) electrons. The Hall–Kier alpha value is -1.99. The first-order chi connectivity index (χ1) is 17.6. The number of thiophene rings is 1. The number of sulfonamides is 1. The van der Waals surface area contributed by atoms with Crippen molar-refractivity contribution in [2.24, 2.45) is 0 Å². The number of piperazine rings is 1. The highest BCUT2D eigenvalue weighted by molar-refractivity contribution is 7.92. The molecule has 3 aliphatic heterocycles. The van der Waals surface area contributed by atoms with Crippen LogP contribution in [0.5, 0.6) is 0 Å². The highest BCUT2D eigenvalue weighted by atomic mass is 35.5. The number of amides is 3. The number of hydrogen-bond acceptors (Lipinski definition) is 7. The van der Waals surface area contributed by atoms with Gasteiger partial charge in [0.25, 0.3) is 0 Å². The van der Waals surface area contributed by atoms with Crippen LogP contribution in [0.2, 0.25) is 4.34 Å². The van der Waals surface area contributed by atoms with Crippen molar-refractivity contribution in [3.8, 4) is 0 Å². The lowest BCUT2D eigenvalue weighted by molar-refractivity contribution is -0.143. The molecule has 1 N–H and O–H groups in total. The standard InChI is InChI=1S/C24H34ClN5O5S2/c1-18(31)28-13-11-27(12-14-28)16-19-4-2-10-30(19)23(32)17-29-9-3-5-21(24(29)33)26-37(34,35)15-8-20-6-7-22(25)36-20/h6-8,15,19,21,26H,2-5,9-14,16-17H2,1H3/b15-8+. The molecule has 10 nitrogen and oxygen atoms in total. The lowest BCUT2D eigenvalue weighted by Crippen LogP contribution is -2.56.